The van der Waals surface area contributed by atoms with Crippen LogP contribution >= 0.6 is 0 Å². The Kier molecular flexibility index (Phi) is 5.13. The number of benzene rings is 3. The van der Waals surface area contributed by atoms with Crippen molar-refractivity contribution in [1.29, 1.82) is 0 Å². The number of carbonyl (C=O) groups excluding carboxylic acids is 1. The second-order valence-corrected chi connectivity index (χ2v) is 6.00. The minimum atomic E-state index is -1.02. The second kappa shape index (κ2) is 7.66. The Morgan fingerprint density at radius 3 is 1.88 bits per heavy atom. The number of rotatable bonds is 5. The monoisotopic (exact) mass is 345 g/mol. The highest BCUT2D eigenvalue weighted by Crippen LogP contribution is 2.27. The molecule has 0 saturated heterocycles. The van der Waals surface area contributed by atoms with Gasteiger partial charge >= 0.3 is 5.97 Å². The summed E-state index contributed by atoms with van der Waals surface area (Å²) in [6.45, 7) is 1.92. The number of aromatic carboxylic acids is 1. The van der Waals surface area contributed by atoms with E-state index in [1.54, 1.807) is 48.5 Å². The molecular weight excluding hydrogens is 326 g/mol. The Morgan fingerprint density at radius 1 is 0.769 bits per heavy atom. The van der Waals surface area contributed by atoms with Crippen molar-refractivity contribution in [3.8, 4) is 11.1 Å². The molecule has 0 aliphatic carbocycles. The summed E-state index contributed by atoms with van der Waals surface area (Å²) in [6.07, 6.45) is 0. The quantitative estimate of drug-likeness (QED) is 0.713. The molecule has 4 heteroatoms. The molecule has 3 rings (SSSR count). The fraction of sp³-hybridized carbons (Fsp3) is 0.0909. The van der Waals surface area contributed by atoms with Crippen molar-refractivity contribution in [3.63, 3.8) is 0 Å². The molecule has 0 aliphatic heterocycles. The first kappa shape index (κ1) is 17.4. The predicted molar refractivity (Wildman–Crippen MR) is 101 cm³/mol. The van der Waals surface area contributed by atoms with E-state index in [0.717, 1.165) is 5.56 Å². The summed E-state index contributed by atoms with van der Waals surface area (Å²) in [7, 11) is 0. The first-order valence-electron chi connectivity index (χ1n) is 8.35. The van der Waals surface area contributed by atoms with Gasteiger partial charge in [-0.25, -0.2) is 4.79 Å². The Balaban J connectivity index is 1.95. The molecule has 26 heavy (non-hydrogen) atoms. The fourth-order valence-corrected chi connectivity index (χ4v) is 2.92. The fourth-order valence-electron chi connectivity index (χ4n) is 2.92. The molecular formula is C22H19NO3. The van der Waals surface area contributed by atoms with E-state index < -0.39 is 5.97 Å². The zero-order chi connectivity index (χ0) is 18.5. The summed E-state index contributed by atoms with van der Waals surface area (Å²) in [4.78, 5) is 24.4. The van der Waals surface area contributed by atoms with Crippen molar-refractivity contribution in [1.82, 2.24) is 5.32 Å². The lowest BCUT2D eigenvalue weighted by molar-refractivity contribution is 0.0697. The van der Waals surface area contributed by atoms with Gasteiger partial charge in [-0.3, -0.25) is 4.79 Å². The zero-order valence-corrected chi connectivity index (χ0v) is 14.3. The number of hydrogen-bond donors (Lipinski definition) is 2. The molecule has 0 spiro atoms. The van der Waals surface area contributed by atoms with E-state index in [9.17, 15) is 14.7 Å². The predicted octanol–water partition coefficient (Wildman–Crippen LogP) is 4.54. The molecule has 0 aromatic heterocycles. The second-order valence-electron chi connectivity index (χ2n) is 6.00. The maximum Gasteiger partial charge on any atom is 0.336 e. The zero-order valence-electron chi connectivity index (χ0n) is 14.3. The lowest BCUT2D eigenvalue weighted by atomic mass is 9.94. The van der Waals surface area contributed by atoms with Crippen LogP contribution < -0.4 is 5.32 Å². The molecule has 2 N–H and O–H groups in total. The molecule has 0 heterocycles. The molecule has 4 nitrogen and oxygen atoms in total. The normalized spacial score (nSPS) is 11.6. The lowest BCUT2D eigenvalue weighted by Crippen LogP contribution is -2.27. The van der Waals surface area contributed by atoms with Gasteiger partial charge in [0, 0.05) is 5.56 Å². The van der Waals surface area contributed by atoms with Gasteiger partial charge < -0.3 is 10.4 Å². The summed E-state index contributed by atoms with van der Waals surface area (Å²) < 4.78 is 0. The molecule has 3 aromatic rings. The molecule has 1 unspecified atom stereocenters. The van der Waals surface area contributed by atoms with E-state index in [2.05, 4.69) is 5.32 Å². The van der Waals surface area contributed by atoms with Crippen LogP contribution in [0.3, 0.4) is 0 Å². The van der Waals surface area contributed by atoms with Crippen molar-refractivity contribution in [2.75, 3.05) is 0 Å². The van der Waals surface area contributed by atoms with Crippen LogP contribution in [0, 0.1) is 0 Å². The molecule has 1 amide bonds. The molecule has 130 valence electrons. The Labute approximate surface area is 152 Å². The number of hydrogen-bond acceptors (Lipinski definition) is 2. The average molecular weight is 345 g/mol. The van der Waals surface area contributed by atoms with Gasteiger partial charge in [0.15, 0.2) is 0 Å². The van der Waals surface area contributed by atoms with Gasteiger partial charge in [0.1, 0.15) is 0 Å². The van der Waals surface area contributed by atoms with Gasteiger partial charge in [-0.05, 0) is 35.7 Å². The highest BCUT2D eigenvalue weighted by Gasteiger charge is 2.18. The van der Waals surface area contributed by atoms with E-state index in [4.69, 9.17) is 0 Å². The number of nitrogens with one attached hydrogen (secondary N) is 1. The van der Waals surface area contributed by atoms with Crippen molar-refractivity contribution in [2.24, 2.45) is 0 Å². The van der Waals surface area contributed by atoms with Gasteiger partial charge in [0.25, 0.3) is 5.91 Å². The van der Waals surface area contributed by atoms with E-state index in [1.807, 2.05) is 37.3 Å². The third-order valence-electron chi connectivity index (χ3n) is 4.27. The van der Waals surface area contributed by atoms with E-state index in [0.29, 0.717) is 16.7 Å². The van der Waals surface area contributed by atoms with Crippen molar-refractivity contribution in [2.45, 2.75) is 13.0 Å². The topological polar surface area (TPSA) is 66.4 Å². The van der Waals surface area contributed by atoms with Crippen LogP contribution in [-0.2, 0) is 0 Å². The third-order valence-corrected chi connectivity index (χ3v) is 4.27. The minimum Gasteiger partial charge on any atom is -0.478 e. The molecule has 0 aliphatic rings. The van der Waals surface area contributed by atoms with Crippen LogP contribution in [-0.4, -0.2) is 17.0 Å². The van der Waals surface area contributed by atoms with Crippen LogP contribution in [0.1, 0.15) is 39.2 Å². The summed E-state index contributed by atoms with van der Waals surface area (Å²) in [6, 6.07) is 23.3. The summed E-state index contributed by atoms with van der Waals surface area (Å²) in [5, 5.41) is 12.4. The third kappa shape index (κ3) is 3.64. The van der Waals surface area contributed by atoms with Crippen molar-refractivity contribution < 1.29 is 14.7 Å². The number of carbonyl (C=O) groups is 2. The number of carboxylic acid groups (broad SMARTS) is 1. The molecule has 0 fully saturated rings. The SMILES string of the molecule is CC(NC(=O)c1ccccc1-c1ccccc1C(=O)O)c1ccccc1. The average Bonchev–Trinajstić information content (AvgIpc) is 2.68. The summed E-state index contributed by atoms with van der Waals surface area (Å²) >= 11 is 0. The first-order valence-corrected chi connectivity index (χ1v) is 8.35. The highest BCUT2D eigenvalue weighted by atomic mass is 16.4. The van der Waals surface area contributed by atoms with Gasteiger partial charge in [0.2, 0.25) is 0 Å². The molecule has 3 aromatic carbocycles. The van der Waals surface area contributed by atoms with Gasteiger partial charge in [0.05, 0.1) is 11.6 Å². The van der Waals surface area contributed by atoms with Crippen LogP contribution in [0.15, 0.2) is 78.9 Å². The first-order chi connectivity index (χ1) is 12.6. The van der Waals surface area contributed by atoms with Crippen molar-refractivity contribution in [3.05, 3.63) is 95.6 Å². The standard InChI is InChI=1S/C22H19NO3/c1-15(16-9-3-2-4-10-16)23-21(24)19-13-7-5-11-17(19)18-12-6-8-14-20(18)22(25)26/h2-15H,1H3,(H,23,24)(H,25,26). The van der Waals surface area contributed by atoms with E-state index in [-0.39, 0.29) is 17.5 Å². The minimum absolute atomic E-state index is 0.161. The maximum absolute atomic E-state index is 12.8. The highest BCUT2D eigenvalue weighted by molar-refractivity contribution is 6.04. The largest absolute Gasteiger partial charge is 0.478 e. The van der Waals surface area contributed by atoms with Crippen LogP contribution in [0.4, 0.5) is 0 Å². The number of amides is 1. The summed E-state index contributed by atoms with van der Waals surface area (Å²) in [5.74, 6) is -1.26. The smallest absolute Gasteiger partial charge is 0.336 e. The molecule has 1 atom stereocenters. The van der Waals surface area contributed by atoms with Crippen molar-refractivity contribution >= 4 is 11.9 Å². The van der Waals surface area contributed by atoms with Gasteiger partial charge in [-0.1, -0.05) is 66.7 Å². The van der Waals surface area contributed by atoms with Crippen LogP contribution in [0.25, 0.3) is 11.1 Å². The molecule has 0 saturated carbocycles. The Hall–Kier alpha value is -3.40. The van der Waals surface area contributed by atoms with E-state index >= 15 is 0 Å². The Bertz CT molecular complexity index is 935. The van der Waals surface area contributed by atoms with E-state index in [1.165, 1.54) is 0 Å². The van der Waals surface area contributed by atoms with Crippen LogP contribution in [0.2, 0.25) is 0 Å². The Morgan fingerprint density at radius 2 is 1.27 bits per heavy atom. The van der Waals surface area contributed by atoms with Gasteiger partial charge in [-0.15, -0.1) is 0 Å². The lowest BCUT2D eigenvalue weighted by Gasteiger charge is -2.17. The molecule has 0 radical (unpaired) electrons. The maximum atomic E-state index is 12.8. The molecule has 0 bridgehead atoms. The van der Waals surface area contributed by atoms with Gasteiger partial charge in [-0.2, -0.15) is 0 Å². The number of carboxylic acids is 1. The summed E-state index contributed by atoms with van der Waals surface area (Å²) in [5.41, 5.74) is 2.75. The van der Waals surface area contributed by atoms with Crippen LogP contribution in [0.5, 0.6) is 0 Å².